The average molecular weight is 415 g/mol. The highest BCUT2D eigenvalue weighted by molar-refractivity contribution is 6.06. The van der Waals surface area contributed by atoms with E-state index in [9.17, 15) is 24.0 Å². The van der Waals surface area contributed by atoms with Crippen LogP contribution < -0.4 is 10.2 Å². The van der Waals surface area contributed by atoms with E-state index >= 15 is 0 Å². The van der Waals surface area contributed by atoms with Gasteiger partial charge >= 0.3 is 12.0 Å². The molecule has 4 amide bonds. The first-order chi connectivity index (χ1) is 14.2. The van der Waals surface area contributed by atoms with Gasteiger partial charge in [0, 0.05) is 37.2 Å². The number of carbonyl (C=O) groups is 5. The molecule has 0 atom stereocenters. The third-order valence-corrected chi connectivity index (χ3v) is 5.12. The number of esters is 1. The van der Waals surface area contributed by atoms with Crippen LogP contribution in [0.15, 0.2) is 24.3 Å². The van der Waals surface area contributed by atoms with Crippen LogP contribution in [-0.2, 0) is 19.1 Å². The number of Topliss-reactive ketones (excluding diaryl/α,β-unsaturated/α-hetero) is 1. The molecule has 1 aromatic rings. The number of imide groups is 1. The van der Waals surface area contributed by atoms with E-state index in [1.54, 1.807) is 43.0 Å². The molecule has 0 aromatic heterocycles. The molecule has 2 saturated heterocycles. The second kappa shape index (κ2) is 8.64. The van der Waals surface area contributed by atoms with Crippen molar-refractivity contribution in [3.63, 3.8) is 0 Å². The number of ketones is 1. The molecule has 160 valence electrons. The Hall–Kier alpha value is -3.23. The zero-order valence-corrected chi connectivity index (χ0v) is 17.1. The van der Waals surface area contributed by atoms with Crippen LogP contribution in [0.5, 0.6) is 0 Å². The van der Waals surface area contributed by atoms with Crippen molar-refractivity contribution in [2.45, 2.75) is 45.1 Å². The maximum atomic E-state index is 12.4. The van der Waals surface area contributed by atoms with E-state index < -0.39 is 24.1 Å². The van der Waals surface area contributed by atoms with Crippen molar-refractivity contribution in [1.29, 1.82) is 0 Å². The van der Waals surface area contributed by atoms with Gasteiger partial charge in [-0.25, -0.2) is 4.79 Å². The number of nitrogens with one attached hydrogen (secondary N) is 1. The molecule has 2 heterocycles. The maximum Gasteiger partial charge on any atom is 0.325 e. The van der Waals surface area contributed by atoms with E-state index in [2.05, 4.69) is 5.32 Å². The van der Waals surface area contributed by atoms with E-state index in [-0.39, 0.29) is 37.0 Å². The zero-order chi connectivity index (χ0) is 21.9. The summed E-state index contributed by atoms with van der Waals surface area (Å²) in [6.07, 6.45) is 1.51. The summed E-state index contributed by atoms with van der Waals surface area (Å²) in [6, 6.07) is 6.21. The predicted octanol–water partition coefficient (Wildman–Crippen LogP) is 1.65. The minimum atomic E-state index is -0.946. The van der Waals surface area contributed by atoms with Gasteiger partial charge in [0.1, 0.15) is 5.54 Å². The van der Waals surface area contributed by atoms with Gasteiger partial charge in [-0.1, -0.05) is 12.1 Å². The first-order valence-corrected chi connectivity index (χ1v) is 9.92. The van der Waals surface area contributed by atoms with Crippen molar-refractivity contribution < 1.29 is 28.7 Å². The van der Waals surface area contributed by atoms with Gasteiger partial charge in [0.25, 0.3) is 5.91 Å². The lowest BCUT2D eigenvalue weighted by Gasteiger charge is -2.16. The number of benzene rings is 1. The standard InChI is InChI=1S/C21H25N3O6/c1-21(2)19(28)24(20(29)22-21)11-5-9-18(27)30-13-16(25)14-6-3-7-15(12-14)23-10-4-8-17(23)26/h3,6-7,12H,4-5,8-11,13H2,1-2H3,(H,22,29). The molecular weight excluding hydrogens is 390 g/mol. The van der Waals surface area contributed by atoms with Crippen LogP contribution in [0.4, 0.5) is 10.5 Å². The summed E-state index contributed by atoms with van der Waals surface area (Å²) in [7, 11) is 0. The third-order valence-electron chi connectivity index (χ3n) is 5.12. The van der Waals surface area contributed by atoms with Crippen LogP contribution in [-0.4, -0.2) is 59.7 Å². The largest absolute Gasteiger partial charge is 0.457 e. The number of anilines is 1. The van der Waals surface area contributed by atoms with Gasteiger partial charge in [0.05, 0.1) is 0 Å². The Labute approximate surface area is 174 Å². The van der Waals surface area contributed by atoms with Gasteiger partial charge in [-0.05, 0) is 38.8 Å². The molecule has 1 N–H and O–H groups in total. The summed E-state index contributed by atoms with van der Waals surface area (Å²) in [5.74, 6) is -1.26. The van der Waals surface area contributed by atoms with Crippen LogP contribution in [0.1, 0.15) is 49.9 Å². The van der Waals surface area contributed by atoms with Crippen LogP contribution in [0.3, 0.4) is 0 Å². The summed E-state index contributed by atoms with van der Waals surface area (Å²) < 4.78 is 5.03. The molecule has 0 bridgehead atoms. The summed E-state index contributed by atoms with van der Waals surface area (Å²) in [6.45, 7) is 3.54. The summed E-state index contributed by atoms with van der Waals surface area (Å²) in [5, 5.41) is 2.57. The Morgan fingerprint density at radius 1 is 1.20 bits per heavy atom. The number of hydrogen-bond donors (Lipinski definition) is 1. The number of urea groups is 1. The number of carbonyl (C=O) groups excluding carboxylic acids is 5. The van der Waals surface area contributed by atoms with Crippen LogP contribution in [0.25, 0.3) is 0 Å². The molecule has 9 nitrogen and oxygen atoms in total. The smallest absolute Gasteiger partial charge is 0.325 e. The molecule has 2 aliphatic rings. The highest BCUT2D eigenvalue weighted by Gasteiger charge is 2.43. The molecule has 9 heteroatoms. The summed E-state index contributed by atoms with van der Waals surface area (Å²) >= 11 is 0. The number of nitrogens with zero attached hydrogens (tertiary/aromatic N) is 2. The minimum absolute atomic E-state index is 0.0207. The first-order valence-electron chi connectivity index (χ1n) is 9.92. The Bertz CT molecular complexity index is 894. The number of hydrogen-bond acceptors (Lipinski definition) is 6. The van der Waals surface area contributed by atoms with Crippen molar-refractivity contribution in [2.24, 2.45) is 0 Å². The molecule has 0 unspecified atom stereocenters. The topological polar surface area (TPSA) is 113 Å². The molecule has 0 aliphatic carbocycles. The van der Waals surface area contributed by atoms with Crippen LogP contribution in [0.2, 0.25) is 0 Å². The van der Waals surface area contributed by atoms with E-state index in [0.717, 1.165) is 11.3 Å². The second-order valence-electron chi connectivity index (χ2n) is 7.90. The molecule has 0 spiro atoms. The molecule has 30 heavy (non-hydrogen) atoms. The zero-order valence-electron chi connectivity index (χ0n) is 17.1. The van der Waals surface area contributed by atoms with Crippen molar-refractivity contribution in [1.82, 2.24) is 10.2 Å². The molecule has 0 saturated carbocycles. The van der Waals surface area contributed by atoms with Crippen LogP contribution >= 0.6 is 0 Å². The van der Waals surface area contributed by atoms with E-state index in [4.69, 9.17) is 4.74 Å². The first kappa shape index (κ1) is 21.5. The highest BCUT2D eigenvalue weighted by Crippen LogP contribution is 2.22. The van der Waals surface area contributed by atoms with Gasteiger partial charge in [0.2, 0.25) is 5.91 Å². The third kappa shape index (κ3) is 4.67. The summed E-state index contributed by atoms with van der Waals surface area (Å²) in [4.78, 5) is 62.7. The fourth-order valence-electron chi connectivity index (χ4n) is 3.47. The number of amides is 4. The normalized spacial score (nSPS) is 18.0. The van der Waals surface area contributed by atoms with Crippen molar-refractivity contribution in [3.8, 4) is 0 Å². The van der Waals surface area contributed by atoms with Gasteiger partial charge in [-0.2, -0.15) is 0 Å². The Morgan fingerprint density at radius 3 is 2.60 bits per heavy atom. The minimum Gasteiger partial charge on any atom is -0.457 e. The van der Waals surface area contributed by atoms with Crippen LogP contribution in [0, 0.1) is 0 Å². The van der Waals surface area contributed by atoms with Gasteiger partial charge < -0.3 is 15.0 Å². The molecule has 3 rings (SSSR count). The van der Waals surface area contributed by atoms with Crippen molar-refractivity contribution in [3.05, 3.63) is 29.8 Å². The lowest BCUT2D eigenvalue weighted by molar-refractivity contribution is -0.143. The Kier molecular flexibility index (Phi) is 6.19. The molecule has 0 radical (unpaired) electrons. The van der Waals surface area contributed by atoms with E-state index in [1.807, 2.05) is 0 Å². The van der Waals surface area contributed by atoms with E-state index in [0.29, 0.717) is 24.2 Å². The lowest BCUT2D eigenvalue weighted by Crippen LogP contribution is -2.40. The monoisotopic (exact) mass is 415 g/mol. The highest BCUT2D eigenvalue weighted by atomic mass is 16.5. The molecular formula is C21H25N3O6. The summed E-state index contributed by atoms with van der Waals surface area (Å²) in [5.41, 5.74) is 0.0748. The van der Waals surface area contributed by atoms with Gasteiger partial charge in [-0.15, -0.1) is 0 Å². The fraction of sp³-hybridized carbons (Fsp3) is 0.476. The average Bonchev–Trinajstić information content (AvgIpc) is 3.21. The quantitative estimate of drug-likeness (QED) is 0.392. The molecule has 2 fully saturated rings. The SMILES string of the molecule is CC1(C)NC(=O)N(CCCC(=O)OCC(=O)c2cccc(N3CCCC3=O)c2)C1=O. The molecule has 2 aliphatic heterocycles. The second-order valence-corrected chi connectivity index (χ2v) is 7.90. The van der Waals surface area contributed by atoms with E-state index in [1.165, 1.54) is 0 Å². The fourth-order valence-corrected chi connectivity index (χ4v) is 3.47. The van der Waals surface area contributed by atoms with Gasteiger partial charge in [0.15, 0.2) is 12.4 Å². The molecule has 1 aromatic carbocycles. The lowest BCUT2D eigenvalue weighted by atomic mass is 10.1. The number of rotatable bonds is 8. The Morgan fingerprint density at radius 2 is 1.97 bits per heavy atom. The van der Waals surface area contributed by atoms with Gasteiger partial charge in [-0.3, -0.25) is 24.1 Å². The van der Waals surface area contributed by atoms with Crippen molar-refractivity contribution in [2.75, 3.05) is 24.6 Å². The Balaban J connectivity index is 1.45. The number of ether oxygens (including phenoxy) is 1. The maximum absolute atomic E-state index is 12.4. The predicted molar refractivity (Wildman–Crippen MR) is 107 cm³/mol. The van der Waals surface area contributed by atoms with Crippen molar-refractivity contribution >= 4 is 35.3 Å².